The van der Waals surface area contributed by atoms with E-state index in [1.54, 1.807) is 29.1 Å². The Morgan fingerprint density at radius 1 is 1.54 bits per heavy atom. The van der Waals surface area contributed by atoms with E-state index in [-0.39, 0.29) is 16.7 Å². The predicted molar refractivity (Wildman–Crippen MR) is 106 cm³/mol. The van der Waals surface area contributed by atoms with Crippen molar-refractivity contribution in [2.45, 2.75) is 43.1 Å². The van der Waals surface area contributed by atoms with Crippen LogP contribution in [0.3, 0.4) is 0 Å². The third-order valence-electron chi connectivity index (χ3n) is 4.38. The quantitative estimate of drug-likeness (QED) is 0.423. The van der Waals surface area contributed by atoms with Gasteiger partial charge in [-0.25, -0.2) is 4.98 Å². The number of carbonyl (C=O) groups is 1. The lowest BCUT2D eigenvalue weighted by molar-refractivity contribution is -0.120. The van der Waals surface area contributed by atoms with Crippen LogP contribution in [0.4, 0.5) is 0 Å². The molecule has 0 saturated heterocycles. The van der Waals surface area contributed by atoms with Crippen LogP contribution in [0.1, 0.15) is 23.8 Å². The monoisotopic (exact) mass is 393 g/mol. The summed E-state index contributed by atoms with van der Waals surface area (Å²) in [5, 5.41) is 3.75. The molecule has 0 spiro atoms. The first-order valence-electron chi connectivity index (χ1n) is 8.66. The molecule has 1 amide bonds. The smallest absolute Gasteiger partial charge is 0.263 e. The molecule has 8 heteroatoms. The lowest BCUT2D eigenvalue weighted by Gasteiger charge is -2.15. The second kappa shape index (κ2) is 8.37. The molecule has 0 unspecified atom stereocenters. The molecule has 0 aliphatic heterocycles. The Kier molecular flexibility index (Phi) is 6.16. The normalized spacial score (nSPS) is 14.4. The van der Waals surface area contributed by atoms with E-state index >= 15 is 0 Å². The number of hydrogen-bond donors (Lipinski definition) is 1. The zero-order chi connectivity index (χ0) is 18.7. The zero-order valence-corrected chi connectivity index (χ0v) is 16.7. The SMILES string of the molecule is C=CCNC(=O)[C@@H](C)Sc1nc2sc3c(c2c(=O)n1CCOC)CCC3. The van der Waals surface area contributed by atoms with Crippen molar-refractivity contribution in [2.24, 2.45) is 0 Å². The Labute approximate surface area is 160 Å². The molecule has 0 fully saturated rings. The number of amides is 1. The van der Waals surface area contributed by atoms with Crippen LogP contribution >= 0.6 is 23.1 Å². The van der Waals surface area contributed by atoms with Gasteiger partial charge in [-0.3, -0.25) is 14.2 Å². The first-order valence-corrected chi connectivity index (χ1v) is 10.4. The molecule has 1 N–H and O–H groups in total. The van der Waals surface area contributed by atoms with Crippen LogP contribution in [0, 0.1) is 0 Å². The summed E-state index contributed by atoms with van der Waals surface area (Å²) >= 11 is 2.92. The Morgan fingerprint density at radius 3 is 3.08 bits per heavy atom. The molecule has 2 aromatic rings. The molecule has 2 heterocycles. The lowest BCUT2D eigenvalue weighted by atomic mass is 10.2. The highest BCUT2D eigenvalue weighted by molar-refractivity contribution is 8.00. The molecule has 0 radical (unpaired) electrons. The molecule has 1 aliphatic rings. The maximum absolute atomic E-state index is 13.1. The highest BCUT2D eigenvalue weighted by Gasteiger charge is 2.25. The molecule has 0 aromatic carbocycles. The number of nitrogens with one attached hydrogen (secondary N) is 1. The van der Waals surface area contributed by atoms with E-state index in [2.05, 4.69) is 11.9 Å². The van der Waals surface area contributed by atoms with Gasteiger partial charge in [0.15, 0.2) is 5.16 Å². The minimum absolute atomic E-state index is 0.0207. The molecule has 1 atom stereocenters. The number of hydrogen-bond acceptors (Lipinski definition) is 6. The summed E-state index contributed by atoms with van der Waals surface area (Å²) in [5.74, 6) is -0.101. The highest BCUT2D eigenvalue weighted by Crippen LogP contribution is 2.36. The molecule has 3 rings (SSSR count). The van der Waals surface area contributed by atoms with E-state index in [0.717, 1.165) is 29.5 Å². The second-order valence-corrected chi connectivity index (χ2v) is 8.57. The predicted octanol–water partition coefficient (Wildman–Crippen LogP) is 2.38. The van der Waals surface area contributed by atoms with E-state index in [0.29, 0.717) is 24.9 Å². The van der Waals surface area contributed by atoms with Crippen LogP contribution in [0.5, 0.6) is 0 Å². The summed E-state index contributed by atoms with van der Waals surface area (Å²) in [7, 11) is 1.61. The number of ether oxygens (including phenoxy) is 1. The summed E-state index contributed by atoms with van der Waals surface area (Å²) in [6, 6.07) is 0. The summed E-state index contributed by atoms with van der Waals surface area (Å²) in [6.45, 7) is 6.68. The minimum atomic E-state index is -0.361. The maximum Gasteiger partial charge on any atom is 0.263 e. The number of nitrogens with zero attached hydrogens (tertiary/aromatic N) is 2. The van der Waals surface area contributed by atoms with E-state index < -0.39 is 0 Å². The van der Waals surface area contributed by atoms with Crippen molar-refractivity contribution in [3.63, 3.8) is 0 Å². The molecule has 0 bridgehead atoms. The van der Waals surface area contributed by atoms with Crippen molar-refractivity contribution in [3.05, 3.63) is 33.4 Å². The van der Waals surface area contributed by atoms with Crippen LogP contribution in [-0.2, 0) is 28.9 Å². The van der Waals surface area contributed by atoms with Gasteiger partial charge >= 0.3 is 0 Å². The first-order chi connectivity index (χ1) is 12.6. The van der Waals surface area contributed by atoms with Crippen molar-refractivity contribution in [1.29, 1.82) is 0 Å². The van der Waals surface area contributed by atoms with Gasteiger partial charge in [0.1, 0.15) is 4.83 Å². The first kappa shape index (κ1) is 19.1. The lowest BCUT2D eigenvalue weighted by Crippen LogP contribution is -2.32. The Morgan fingerprint density at radius 2 is 2.35 bits per heavy atom. The fourth-order valence-corrected chi connectivity index (χ4v) is 5.32. The van der Waals surface area contributed by atoms with E-state index in [1.807, 2.05) is 6.92 Å². The van der Waals surface area contributed by atoms with Crippen LogP contribution in [0.2, 0.25) is 0 Å². The summed E-state index contributed by atoms with van der Waals surface area (Å²) in [6.07, 6.45) is 4.72. The molecule has 2 aromatic heterocycles. The van der Waals surface area contributed by atoms with Crippen LogP contribution < -0.4 is 10.9 Å². The highest BCUT2D eigenvalue weighted by atomic mass is 32.2. The van der Waals surface area contributed by atoms with Crippen LogP contribution in [0.15, 0.2) is 22.6 Å². The molecule has 140 valence electrons. The fraction of sp³-hybridized carbons (Fsp3) is 0.500. The van der Waals surface area contributed by atoms with Crippen LogP contribution in [0.25, 0.3) is 10.2 Å². The number of carbonyl (C=O) groups excluding carboxylic acids is 1. The third-order valence-corrected chi connectivity index (χ3v) is 6.66. The number of thiophene rings is 1. The molecule has 6 nitrogen and oxygen atoms in total. The number of rotatable bonds is 8. The van der Waals surface area contributed by atoms with Gasteiger partial charge in [0.2, 0.25) is 5.91 Å². The van der Waals surface area contributed by atoms with Gasteiger partial charge in [0.05, 0.1) is 23.8 Å². The number of methoxy groups -OCH3 is 1. The Balaban J connectivity index is 1.99. The average molecular weight is 394 g/mol. The zero-order valence-electron chi connectivity index (χ0n) is 15.0. The van der Waals surface area contributed by atoms with Gasteiger partial charge in [-0.2, -0.15) is 0 Å². The summed E-state index contributed by atoms with van der Waals surface area (Å²) in [4.78, 5) is 32.1. The van der Waals surface area contributed by atoms with Crippen molar-refractivity contribution >= 4 is 39.2 Å². The third kappa shape index (κ3) is 3.72. The van der Waals surface area contributed by atoms with Gasteiger partial charge in [0.25, 0.3) is 5.56 Å². The number of aromatic nitrogens is 2. The maximum atomic E-state index is 13.1. The van der Waals surface area contributed by atoms with E-state index in [1.165, 1.54) is 22.2 Å². The van der Waals surface area contributed by atoms with Gasteiger partial charge in [-0.1, -0.05) is 17.8 Å². The topological polar surface area (TPSA) is 73.2 Å². The minimum Gasteiger partial charge on any atom is -0.383 e. The largest absolute Gasteiger partial charge is 0.383 e. The van der Waals surface area contributed by atoms with Crippen LogP contribution in [-0.4, -0.2) is 41.0 Å². The number of thioether (sulfide) groups is 1. The second-order valence-electron chi connectivity index (χ2n) is 6.18. The van der Waals surface area contributed by atoms with Crippen molar-refractivity contribution in [1.82, 2.24) is 14.9 Å². The molecule has 1 aliphatic carbocycles. The fourth-order valence-electron chi connectivity index (χ4n) is 3.06. The summed E-state index contributed by atoms with van der Waals surface area (Å²) < 4.78 is 6.81. The molecular formula is C18H23N3O3S2. The Hall–Kier alpha value is -1.64. The summed E-state index contributed by atoms with van der Waals surface area (Å²) in [5.41, 5.74) is 1.15. The molecule has 26 heavy (non-hydrogen) atoms. The van der Waals surface area contributed by atoms with Gasteiger partial charge in [-0.05, 0) is 31.7 Å². The van der Waals surface area contributed by atoms with Crippen molar-refractivity contribution in [3.8, 4) is 0 Å². The number of fused-ring (bicyclic) bond motifs is 3. The molecule has 0 saturated carbocycles. The van der Waals surface area contributed by atoms with E-state index in [4.69, 9.17) is 9.72 Å². The van der Waals surface area contributed by atoms with Crippen molar-refractivity contribution < 1.29 is 9.53 Å². The van der Waals surface area contributed by atoms with Crippen molar-refractivity contribution in [2.75, 3.05) is 20.3 Å². The average Bonchev–Trinajstić information content (AvgIpc) is 3.19. The number of aryl methyl sites for hydroxylation is 2. The van der Waals surface area contributed by atoms with Gasteiger partial charge < -0.3 is 10.1 Å². The van der Waals surface area contributed by atoms with Gasteiger partial charge in [0, 0.05) is 18.5 Å². The standard InChI is InChI=1S/C18H23N3O3S2/c1-4-8-19-15(22)11(2)25-18-20-16-14(12-6-5-7-13(12)26-16)17(23)21(18)9-10-24-3/h4,11H,1,5-10H2,2-3H3,(H,19,22)/t11-/m1/s1. The van der Waals surface area contributed by atoms with Gasteiger partial charge in [-0.15, -0.1) is 17.9 Å². The van der Waals surface area contributed by atoms with E-state index in [9.17, 15) is 9.59 Å². The Bertz CT molecular complexity index is 888. The molecular weight excluding hydrogens is 370 g/mol.